The second-order valence-corrected chi connectivity index (χ2v) is 2.71. The Balaban J connectivity index is 3.00. The molecular weight excluding hydrogens is 156 g/mol. The lowest BCUT2D eigenvalue weighted by molar-refractivity contribution is 0.0883. The van der Waals surface area contributed by atoms with Crippen LogP contribution in [0.3, 0.4) is 0 Å². The zero-order valence-corrected chi connectivity index (χ0v) is 7.15. The monoisotopic (exact) mass is 168 g/mol. The normalized spacial score (nSPS) is 13.0. The van der Waals surface area contributed by atoms with Crippen molar-refractivity contribution in [3.63, 3.8) is 0 Å². The van der Waals surface area contributed by atoms with E-state index in [9.17, 15) is 5.11 Å². The summed E-state index contributed by atoms with van der Waals surface area (Å²) in [5.74, 6) is 0.287. The van der Waals surface area contributed by atoms with Gasteiger partial charge in [-0.2, -0.15) is 0 Å². The summed E-state index contributed by atoms with van der Waals surface area (Å²) in [4.78, 5) is 7.97. The average molecular weight is 168 g/mol. The van der Waals surface area contributed by atoms with Crippen LogP contribution >= 0.6 is 0 Å². The molecule has 1 aromatic rings. The highest BCUT2D eigenvalue weighted by molar-refractivity contribution is 5.09. The lowest BCUT2D eigenvalue weighted by Crippen LogP contribution is -2.09. The Hall–Kier alpha value is -1.00. The SMILES string of the molecule is Cc1cc(C)nc([C@@H](O)CO)n1. The maximum atomic E-state index is 9.20. The van der Waals surface area contributed by atoms with Crippen LogP contribution in [0.5, 0.6) is 0 Å². The highest BCUT2D eigenvalue weighted by Crippen LogP contribution is 2.07. The second kappa shape index (κ2) is 3.60. The Labute approximate surface area is 70.9 Å². The first-order chi connectivity index (χ1) is 5.63. The summed E-state index contributed by atoms with van der Waals surface area (Å²) >= 11 is 0. The largest absolute Gasteiger partial charge is 0.393 e. The lowest BCUT2D eigenvalue weighted by Gasteiger charge is -2.06. The standard InChI is InChI=1S/C8H12N2O2/c1-5-3-6(2)10-8(9-5)7(12)4-11/h3,7,11-12H,4H2,1-2H3/t7-/m0/s1. The van der Waals surface area contributed by atoms with E-state index in [0.29, 0.717) is 0 Å². The molecule has 0 fully saturated rings. The summed E-state index contributed by atoms with van der Waals surface area (Å²) < 4.78 is 0. The summed E-state index contributed by atoms with van der Waals surface area (Å²) in [6.45, 7) is 3.30. The first-order valence-corrected chi connectivity index (χ1v) is 3.74. The molecule has 0 spiro atoms. The minimum Gasteiger partial charge on any atom is -0.393 e. The second-order valence-electron chi connectivity index (χ2n) is 2.71. The number of aliphatic hydroxyl groups is 2. The lowest BCUT2D eigenvalue weighted by atomic mass is 10.3. The van der Waals surface area contributed by atoms with Gasteiger partial charge in [-0.05, 0) is 19.9 Å². The minimum atomic E-state index is -0.969. The van der Waals surface area contributed by atoms with E-state index in [4.69, 9.17) is 5.11 Å². The van der Waals surface area contributed by atoms with E-state index in [1.54, 1.807) is 0 Å². The van der Waals surface area contributed by atoms with Crippen molar-refractivity contribution in [2.45, 2.75) is 20.0 Å². The van der Waals surface area contributed by atoms with Gasteiger partial charge in [0.2, 0.25) is 0 Å². The molecule has 0 aromatic carbocycles. The Morgan fingerprint density at radius 3 is 2.25 bits per heavy atom. The zero-order valence-electron chi connectivity index (χ0n) is 7.15. The molecule has 0 amide bonds. The predicted octanol–water partition coefficient (Wildman–Crippen LogP) is 0.119. The van der Waals surface area contributed by atoms with E-state index in [1.807, 2.05) is 19.9 Å². The Kier molecular flexibility index (Phi) is 2.73. The smallest absolute Gasteiger partial charge is 0.159 e. The molecule has 0 aliphatic heterocycles. The summed E-state index contributed by atoms with van der Waals surface area (Å²) in [7, 11) is 0. The fourth-order valence-electron chi connectivity index (χ4n) is 0.984. The third-order valence-electron chi connectivity index (χ3n) is 1.47. The Morgan fingerprint density at radius 2 is 1.83 bits per heavy atom. The summed E-state index contributed by atoms with van der Waals surface area (Å²) in [6.07, 6.45) is -0.969. The number of aryl methyl sites for hydroxylation is 2. The van der Waals surface area contributed by atoms with Gasteiger partial charge in [-0.3, -0.25) is 0 Å². The molecule has 1 rings (SSSR count). The van der Waals surface area contributed by atoms with Crippen molar-refractivity contribution in [2.24, 2.45) is 0 Å². The van der Waals surface area contributed by atoms with Gasteiger partial charge in [-0.25, -0.2) is 9.97 Å². The fourth-order valence-corrected chi connectivity index (χ4v) is 0.984. The molecule has 0 aliphatic carbocycles. The third kappa shape index (κ3) is 1.99. The molecule has 0 unspecified atom stereocenters. The van der Waals surface area contributed by atoms with Gasteiger partial charge in [0.1, 0.15) is 6.10 Å². The molecule has 1 atom stereocenters. The van der Waals surface area contributed by atoms with Crippen LogP contribution in [0.1, 0.15) is 23.3 Å². The first kappa shape index (κ1) is 9.09. The average Bonchev–Trinajstić information content (AvgIpc) is 2.01. The van der Waals surface area contributed by atoms with Crippen LogP contribution in [-0.2, 0) is 0 Å². The highest BCUT2D eigenvalue weighted by Gasteiger charge is 2.09. The van der Waals surface area contributed by atoms with Gasteiger partial charge in [0.15, 0.2) is 5.82 Å². The Bertz CT molecular complexity index is 256. The molecule has 1 heterocycles. The molecule has 12 heavy (non-hydrogen) atoms. The maximum absolute atomic E-state index is 9.20. The fraction of sp³-hybridized carbons (Fsp3) is 0.500. The van der Waals surface area contributed by atoms with Gasteiger partial charge in [0, 0.05) is 11.4 Å². The van der Waals surface area contributed by atoms with E-state index in [-0.39, 0.29) is 12.4 Å². The number of nitrogens with zero attached hydrogens (tertiary/aromatic N) is 2. The topological polar surface area (TPSA) is 66.2 Å². The molecule has 0 saturated heterocycles. The minimum absolute atomic E-state index is 0.287. The van der Waals surface area contributed by atoms with Crippen molar-refractivity contribution in [3.8, 4) is 0 Å². The van der Waals surface area contributed by atoms with Crippen LogP contribution in [0.4, 0.5) is 0 Å². The van der Waals surface area contributed by atoms with Crippen molar-refractivity contribution >= 4 is 0 Å². The molecule has 0 saturated carbocycles. The van der Waals surface area contributed by atoms with Crippen LogP contribution in [-0.4, -0.2) is 26.8 Å². The number of hydrogen-bond acceptors (Lipinski definition) is 4. The number of hydrogen-bond donors (Lipinski definition) is 2. The molecule has 0 bridgehead atoms. The van der Waals surface area contributed by atoms with E-state index >= 15 is 0 Å². The van der Waals surface area contributed by atoms with Gasteiger partial charge in [0.05, 0.1) is 6.61 Å². The van der Waals surface area contributed by atoms with Gasteiger partial charge in [-0.1, -0.05) is 0 Å². The Morgan fingerprint density at radius 1 is 1.33 bits per heavy atom. The van der Waals surface area contributed by atoms with Crippen molar-refractivity contribution in [3.05, 3.63) is 23.3 Å². The quantitative estimate of drug-likeness (QED) is 0.658. The molecule has 0 aliphatic rings. The molecule has 2 N–H and O–H groups in total. The third-order valence-corrected chi connectivity index (χ3v) is 1.47. The van der Waals surface area contributed by atoms with Crippen LogP contribution in [0.15, 0.2) is 6.07 Å². The van der Waals surface area contributed by atoms with Gasteiger partial charge in [0.25, 0.3) is 0 Å². The summed E-state index contributed by atoms with van der Waals surface area (Å²) in [6, 6.07) is 1.81. The van der Waals surface area contributed by atoms with Crippen LogP contribution in [0.25, 0.3) is 0 Å². The first-order valence-electron chi connectivity index (χ1n) is 3.74. The molecule has 66 valence electrons. The van der Waals surface area contributed by atoms with Gasteiger partial charge < -0.3 is 10.2 Å². The molecule has 4 nitrogen and oxygen atoms in total. The predicted molar refractivity (Wildman–Crippen MR) is 43.6 cm³/mol. The molecule has 1 aromatic heterocycles. The number of aliphatic hydroxyl groups excluding tert-OH is 2. The van der Waals surface area contributed by atoms with Crippen molar-refractivity contribution < 1.29 is 10.2 Å². The van der Waals surface area contributed by atoms with E-state index in [0.717, 1.165) is 11.4 Å². The van der Waals surface area contributed by atoms with E-state index in [1.165, 1.54) is 0 Å². The van der Waals surface area contributed by atoms with E-state index < -0.39 is 6.10 Å². The van der Waals surface area contributed by atoms with Crippen LogP contribution in [0.2, 0.25) is 0 Å². The number of aromatic nitrogens is 2. The summed E-state index contributed by atoms with van der Waals surface area (Å²) in [5, 5.41) is 17.8. The molecule has 0 radical (unpaired) electrons. The highest BCUT2D eigenvalue weighted by atomic mass is 16.3. The van der Waals surface area contributed by atoms with Crippen LogP contribution < -0.4 is 0 Å². The molecular formula is C8H12N2O2. The summed E-state index contributed by atoms with van der Waals surface area (Å²) in [5.41, 5.74) is 1.59. The van der Waals surface area contributed by atoms with Gasteiger partial charge >= 0.3 is 0 Å². The van der Waals surface area contributed by atoms with Gasteiger partial charge in [-0.15, -0.1) is 0 Å². The number of rotatable bonds is 2. The van der Waals surface area contributed by atoms with Crippen molar-refractivity contribution in [1.29, 1.82) is 0 Å². The van der Waals surface area contributed by atoms with E-state index in [2.05, 4.69) is 9.97 Å². The van der Waals surface area contributed by atoms with Crippen LogP contribution in [0, 0.1) is 13.8 Å². The zero-order chi connectivity index (χ0) is 9.14. The van der Waals surface area contributed by atoms with Crippen molar-refractivity contribution in [1.82, 2.24) is 9.97 Å². The van der Waals surface area contributed by atoms with Crippen molar-refractivity contribution in [2.75, 3.05) is 6.61 Å². The maximum Gasteiger partial charge on any atom is 0.159 e. The molecule has 4 heteroatoms.